The maximum Gasteiger partial charge on any atom is 0.281 e. The van der Waals surface area contributed by atoms with Crippen LogP contribution in [0.5, 0.6) is 5.88 Å². The minimum absolute atomic E-state index is 0.0445. The summed E-state index contributed by atoms with van der Waals surface area (Å²) in [6.45, 7) is 10.3. The van der Waals surface area contributed by atoms with Crippen molar-refractivity contribution in [1.29, 1.82) is 0 Å². The van der Waals surface area contributed by atoms with Crippen LogP contribution in [0.4, 0.5) is 11.6 Å². The Morgan fingerprint density at radius 2 is 1.93 bits per heavy atom. The fourth-order valence-corrected chi connectivity index (χ4v) is 9.78. The summed E-state index contributed by atoms with van der Waals surface area (Å²) in [5.41, 5.74) is 6.20. The smallest absolute Gasteiger partial charge is 0.281 e. The molecular formula is C31H43N7O4SSi. The zero-order chi connectivity index (χ0) is 31.3. The lowest BCUT2D eigenvalue weighted by Gasteiger charge is -2.37. The molecule has 1 amide bonds. The number of nitrogens with two attached hydrogens (primary N) is 1. The van der Waals surface area contributed by atoms with Crippen LogP contribution in [0.3, 0.4) is 0 Å². The van der Waals surface area contributed by atoms with E-state index in [2.05, 4.69) is 46.6 Å². The minimum atomic E-state index is -4.27. The van der Waals surface area contributed by atoms with Crippen molar-refractivity contribution in [3.8, 4) is 11.7 Å². The monoisotopic (exact) mass is 637 g/mol. The number of hydrogen-bond donors (Lipinski definition) is 2. The number of rotatable bonds is 11. The molecule has 3 N–H and O–H groups in total. The first-order chi connectivity index (χ1) is 20.8. The summed E-state index contributed by atoms with van der Waals surface area (Å²) in [7, 11) is -5.10. The van der Waals surface area contributed by atoms with Crippen molar-refractivity contribution in [2.24, 2.45) is 17.3 Å². The van der Waals surface area contributed by atoms with Crippen molar-refractivity contribution in [2.45, 2.75) is 82.1 Å². The van der Waals surface area contributed by atoms with Crippen LogP contribution >= 0.6 is 0 Å². The molecule has 3 fully saturated rings. The Kier molecular flexibility index (Phi) is 7.97. The van der Waals surface area contributed by atoms with Crippen molar-refractivity contribution in [3.05, 3.63) is 48.2 Å². The van der Waals surface area contributed by atoms with Gasteiger partial charge in [-0.25, -0.2) is 19.4 Å². The normalized spacial score (nSPS) is 21.8. The van der Waals surface area contributed by atoms with E-state index in [-0.39, 0.29) is 21.9 Å². The van der Waals surface area contributed by atoms with Gasteiger partial charge in [0.05, 0.1) is 12.2 Å². The van der Waals surface area contributed by atoms with Crippen molar-refractivity contribution in [3.63, 3.8) is 0 Å². The summed E-state index contributed by atoms with van der Waals surface area (Å²) < 4.78 is 36.0. The zero-order valence-electron chi connectivity index (χ0n) is 26.0. The highest BCUT2D eigenvalue weighted by molar-refractivity contribution is 7.90. The average Bonchev–Trinajstić information content (AvgIpc) is 3.57. The molecule has 13 heteroatoms. The zero-order valence-corrected chi connectivity index (χ0v) is 28.0. The first kappa shape index (κ1) is 30.6. The van der Waals surface area contributed by atoms with Gasteiger partial charge in [-0.1, -0.05) is 25.2 Å². The van der Waals surface area contributed by atoms with Gasteiger partial charge in [-0.2, -0.15) is 8.42 Å². The van der Waals surface area contributed by atoms with Gasteiger partial charge in [0.1, 0.15) is 11.6 Å². The number of sulfonamides is 1. The van der Waals surface area contributed by atoms with Gasteiger partial charge in [0.25, 0.3) is 15.9 Å². The number of hydrogen-bond acceptors (Lipinski definition) is 9. The van der Waals surface area contributed by atoms with E-state index in [1.807, 2.05) is 6.07 Å². The number of nitrogen functional groups attached to an aromatic ring is 1. The minimum Gasteiger partial charge on any atom is -0.477 e. The van der Waals surface area contributed by atoms with Gasteiger partial charge in [0, 0.05) is 33.1 Å². The molecule has 2 atom stereocenters. The van der Waals surface area contributed by atoms with Crippen LogP contribution in [0.2, 0.25) is 19.1 Å². The van der Waals surface area contributed by atoms with E-state index in [1.165, 1.54) is 49.9 Å². The number of anilines is 2. The Bertz CT molecular complexity index is 1650. The lowest BCUT2D eigenvalue weighted by Crippen LogP contribution is -2.41. The van der Waals surface area contributed by atoms with E-state index in [0.29, 0.717) is 35.5 Å². The van der Waals surface area contributed by atoms with E-state index >= 15 is 0 Å². The largest absolute Gasteiger partial charge is 0.477 e. The van der Waals surface area contributed by atoms with Crippen LogP contribution in [-0.4, -0.2) is 61.6 Å². The lowest BCUT2D eigenvalue weighted by molar-refractivity contribution is 0.0981. The molecule has 236 valence electrons. The third kappa shape index (κ3) is 6.21. The highest BCUT2D eigenvalue weighted by Crippen LogP contribution is 2.65. The molecule has 0 bridgehead atoms. The van der Waals surface area contributed by atoms with E-state index in [1.54, 1.807) is 23.0 Å². The van der Waals surface area contributed by atoms with Gasteiger partial charge in [-0.15, -0.1) is 5.10 Å². The molecule has 1 aliphatic heterocycles. The topological polar surface area (TPSA) is 145 Å². The third-order valence-electron chi connectivity index (χ3n) is 9.64. The number of carbonyl (C=O) groups is 1. The highest BCUT2D eigenvalue weighted by atomic mass is 32.2. The van der Waals surface area contributed by atoms with Gasteiger partial charge >= 0.3 is 0 Å². The Balaban J connectivity index is 1.26. The molecule has 3 aromatic heterocycles. The van der Waals surface area contributed by atoms with Crippen LogP contribution < -0.4 is 20.1 Å². The van der Waals surface area contributed by atoms with Crippen LogP contribution in [0.1, 0.15) is 62.7 Å². The van der Waals surface area contributed by atoms with Gasteiger partial charge < -0.3 is 15.4 Å². The van der Waals surface area contributed by atoms with Gasteiger partial charge in [-0.05, 0) is 93.9 Å². The van der Waals surface area contributed by atoms with Crippen LogP contribution in [0, 0.1) is 17.3 Å². The van der Waals surface area contributed by atoms with Crippen LogP contribution in [0.15, 0.2) is 47.6 Å². The van der Waals surface area contributed by atoms with E-state index in [0.717, 1.165) is 25.3 Å². The summed E-state index contributed by atoms with van der Waals surface area (Å²) in [5.74, 6) is 1.97. The van der Waals surface area contributed by atoms with Gasteiger partial charge in [0.2, 0.25) is 5.88 Å². The predicted molar refractivity (Wildman–Crippen MR) is 172 cm³/mol. The number of pyridine rings is 2. The lowest BCUT2D eigenvalue weighted by atomic mass is 9.69. The van der Waals surface area contributed by atoms with E-state index < -0.39 is 24.7 Å². The van der Waals surface area contributed by atoms with Gasteiger partial charge in [-0.3, -0.25) is 4.79 Å². The summed E-state index contributed by atoms with van der Waals surface area (Å²) in [6, 6.07) is 10.6. The number of carbonyl (C=O) groups excluding carboxylic acids is 1. The second kappa shape index (κ2) is 11.5. The van der Waals surface area contributed by atoms with Crippen molar-refractivity contribution in [1.82, 2.24) is 24.5 Å². The standard InChI is InChI=1S/C31H43N7O4SSi/c1-30(2)18-21(20-44(3)4)19-37(30)28-23(29(39)36-43(40,41)27-7-5-6-24(32)33-27)8-9-25(34-28)38-16-11-26(35-38)42-17-12-22-10-13-31(22)14-15-31/h5-9,11,16,21-22,44H,10,12-15,17-20H2,1-4H3,(H2,32,33)(H,36,39). The number of ether oxygens (including phenoxy) is 1. The molecule has 1 spiro atoms. The number of aromatic nitrogens is 4. The highest BCUT2D eigenvalue weighted by Gasteiger charge is 2.54. The fourth-order valence-electron chi connectivity index (χ4n) is 7.19. The number of nitrogens with one attached hydrogen (secondary N) is 1. The Labute approximate surface area is 261 Å². The number of nitrogens with zero attached hydrogens (tertiary/aromatic N) is 5. The predicted octanol–water partition coefficient (Wildman–Crippen LogP) is 4.41. The Hall–Kier alpha value is -3.45. The Morgan fingerprint density at radius 1 is 1.14 bits per heavy atom. The summed E-state index contributed by atoms with van der Waals surface area (Å²) >= 11 is 0. The Morgan fingerprint density at radius 3 is 2.61 bits per heavy atom. The summed E-state index contributed by atoms with van der Waals surface area (Å²) in [5, 5.41) is 4.29. The SMILES string of the molecule is C[SiH](C)CC1CN(c2nc(-n3ccc(OCCC4CCC45CC5)n3)ccc2C(=O)NS(=O)(=O)c2cccc(N)n2)C(C)(C)C1. The summed E-state index contributed by atoms with van der Waals surface area (Å²) in [6.07, 6.45) is 9.21. The van der Waals surface area contributed by atoms with Crippen molar-refractivity contribution < 1.29 is 17.9 Å². The molecule has 4 heterocycles. The molecule has 3 aliphatic rings. The van der Waals surface area contributed by atoms with E-state index in [9.17, 15) is 13.2 Å². The quantitative estimate of drug-likeness (QED) is 0.292. The first-order valence-corrected chi connectivity index (χ1v) is 20.2. The molecule has 0 radical (unpaired) electrons. The summed E-state index contributed by atoms with van der Waals surface area (Å²) in [4.78, 5) is 24.6. The fraction of sp³-hybridized carbons (Fsp3) is 0.548. The van der Waals surface area contributed by atoms with Crippen LogP contribution in [-0.2, 0) is 10.0 Å². The second-order valence-electron chi connectivity index (χ2n) is 13.8. The molecule has 1 saturated heterocycles. The van der Waals surface area contributed by atoms with Gasteiger partial charge in [0.15, 0.2) is 10.8 Å². The second-order valence-corrected chi connectivity index (χ2v) is 18.7. The van der Waals surface area contributed by atoms with Crippen LogP contribution in [0.25, 0.3) is 5.82 Å². The molecule has 2 unspecified atom stereocenters. The molecule has 2 saturated carbocycles. The maximum absolute atomic E-state index is 13.6. The van der Waals surface area contributed by atoms with E-state index in [4.69, 9.17) is 15.5 Å². The molecule has 0 aromatic carbocycles. The molecule has 44 heavy (non-hydrogen) atoms. The molecular weight excluding hydrogens is 595 g/mol. The molecule has 6 rings (SSSR count). The molecule has 3 aromatic rings. The van der Waals surface area contributed by atoms with Crippen molar-refractivity contribution in [2.75, 3.05) is 23.8 Å². The third-order valence-corrected chi connectivity index (χ3v) is 12.5. The molecule has 11 nitrogen and oxygen atoms in total. The molecule has 2 aliphatic carbocycles. The number of amides is 1. The van der Waals surface area contributed by atoms with Crippen molar-refractivity contribution >= 4 is 36.4 Å². The average molecular weight is 638 g/mol. The first-order valence-electron chi connectivity index (χ1n) is 15.6. The maximum atomic E-state index is 13.6.